The van der Waals surface area contributed by atoms with E-state index in [1.54, 1.807) is 0 Å². The van der Waals surface area contributed by atoms with Gasteiger partial charge in [-0.25, -0.2) is 0 Å². The molecule has 1 heterocycles. The number of carbonyl (C=O) groups excluding carboxylic acids is 2. The summed E-state index contributed by atoms with van der Waals surface area (Å²) in [5.74, 6) is -2.54. The van der Waals surface area contributed by atoms with E-state index in [-0.39, 0.29) is 0 Å². The van der Waals surface area contributed by atoms with Crippen LogP contribution in [-0.4, -0.2) is 11.9 Å². The number of hydrogen-bond acceptors (Lipinski definition) is 5. The molecule has 0 saturated heterocycles. The predicted molar refractivity (Wildman–Crippen MR) is 71.9 cm³/mol. The number of carboxylic acid groups (broad SMARTS) is 2. The van der Waals surface area contributed by atoms with E-state index < -0.39 is 11.9 Å². The number of carboxylic acids is 2. The minimum absolute atomic E-state index is 0.915. The Kier molecular flexibility index (Phi) is 4.36. The lowest BCUT2D eigenvalue weighted by Gasteiger charge is -2.07. The fourth-order valence-corrected chi connectivity index (χ4v) is 1.72. The summed E-state index contributed by atoms with van der Waals surface area (Å²) in [4.78, 5) is 17.9. The minimum atomic E-state index is -2.19. The second-order valence-electron chi connectivity index (χ2n) is 4.09. The van der Waals surface area contributed by atoms with Gasteiger partial charge in [0.15, 0.2) is 0 Å². The Hall–Kier alpha value is -3.08. The third-order valence-electron chi connectivity index (χ3n) is 2.67. The lowest BCUT2D eigenvalue weighted by atomic mass is 10.1. The maximum Gasteiger partial charge on any atom is 0.134 e. The Morgan fingerprint density at radius 1 is 0.714 bits per heavy atom. The fourth-order valence-electron chi connectivity index (χ4n) is 1.72. The van der Waals surface area contributed by atoms with Crippen LogP contribution >= 0.6 is 0 Å². The maximum absolute atomic E-state index is 8.93. The van der Waals surface area contributed by atoms with Crippen molar-refractivity contribution in [1.29, 1.82) is 0 Å². The van der Waals surface area contributed by atoms with Gasteiger partial charge in [-0.2, -0.15) is 0 Å². The van der Waals surface area contributed by atoms with Crippen molar-refractivity contribution in [3.05, 3.63) is 59.7 Å². The molecule has 5 heteroatoms. The third kappa shape index (κ3) is 3.70. The van der Waals surface area contributed by atoms with Crippen molar-refractivity contribution in [1.82, 2.24) is 0 Å². The lowest BCUT2D eigenvalue weighted by Crippen LogP contribution is -2.42. The predicted octanol–water partition coefficient (Wildman–Crippen LogP) is 0.449. The number of aliphatic carboxylic acids is 2. The molecule has 5 nitrogen and oxygen atoms in total. The van der Waals surface area contributed by atoms with Crippen LogP contribution in [0.5, 0.6) is 11.5 Å². The smallest absolute Gasteiger partial charge is 0.134 e. The molecule has 1 aliphatic heterocycles. The van der Waals surface area contributed by atoms with Gasteiger partial charge in [-0.1, -0.05) is 48.6 Å². The fraction of sp³-hybridized carbons (Fsp3) is 0. The molecule has 0 atom stereocenters. The number of para-hydroxylation sites is 2. The van der Waals surface area contributed by atoms with Gasteiger partial charge in [-0.15, -0.1) is 0 Å². The molecule has 0 radical (unpaired) electrons. The van der Waals surface area contributed by atoms with Crippen molar-refractivity contribution >= 4 is 24.1 Å². The zero-order chi connectivity index (χ0) is 15.2. The number of fused-ring (bicyclic) bond motifs is 2. The van der Waals surface area contributed by atoms with Crippen LogP contribution < -0.4 is 14.9 Å². The normalized spacial score (nSPS) is 10.9. The summed E-state index contributed by atoms with van der Waals surface area (Å²) in [7, 11) is 0. The first-order chi connectivity index (χ1) is 10.1. The largest absolute Gasteiger partial charge is 0.543 e. The van der Waals surface area contributed by atoms with Gasteiger partial charge in [-0.3, -0.25) is 0 Å². The summed E-state index contributed by atoms with van der Waals surface area (Å²) < 4.78 is 5.84. The van der Waals surface area contributed by atoms with Gasteiger partial charge in [-0.05, 0) is 12.1 Å². The molecule has 21 heavy (non-hydrogen) atoms. The van der Waals surface area contributed by atoms with Crippen molar-refractivity contribution in [2.45, 2.75) is 0 Å². The summed E-state index contributed by atoms with van der Waals surface area (Å²) >= 11 is 0. The van der Waals surface area contributed by atoms with E-state index in [2.05, 4.69) is 24.3 Å². The lowest BCUT2D eigenvalue weighted by molar-refractivity contribution is -0.345. The third-order valence-corrected chi connectivity index (χ3v) is 2.67. The van der Waals surface area contributed by atoms with Gasteiger partial charge in [0.05, 0.1) is 11.9 Å². The first-order valence-corrected chi connectivity index (χ1v) is 6.04. The van der Waals surface area contributed by atoms with E-state index in [1.165, 1.54) is 0 Å². The maximum atomic E-state index is 8.93. The highest BCUT2D eigenvalue weighted by Crippen LogP contribution is 2.33. The Labute approximate surface area is 120 Å². The molecule has 2 aromatic carbocycles. The van der Waals surface area contributed by atoms with Crippen LogP contribution in [0, 0.1) is 0 Å². The topological polar surface area (TPSA) is 89.5 Å². The molecule has 0 amide bonds. The Bertz CT molecular complexity index is 644. The van der Waals surface area contributed by atoms with Gasteiger partial charge < -0.3 is 24.5 Å². The summed E-state index contributed by atoms with van der Waals surface area (Å²) in [6, 6.07) is 16.1. The summed E-state index contributed by atoms with van der Waals surface area (Å²) in [5, 5.41) is 17.9. The number of benzene rings is 2. The van der Waals surface area contributed by atoms with Crippen LogP contribution in [0.25, 0.3) is 12.2 Å². The van der Waals surface area contributed by atoms with Crippen LogP contribution in [0.15, 0.2) is 48.5 Å². The van der Waals surface area contributed by atoms with E-state index in [4.69, 9.17) is 24.5 Å². The monoisotopic (exact) mass is 282 g/mol. The highest BCUT2D eigenvalue weighted by atomic mass is 16.5. The minimum Gasteiger partial charge on any atom is -0.543 e. The van der Waals surface area contributed by atoms with Crippen LogP contribution in [0.3, 0.4) is 0 Å². The summed E-state index contributed by atoms with van der Waals surface area (Å²) in [5.41, 5.74) is 2.24. The average Bonchev–Trinajstić information content (AvgIpc) is 2.66. The molecule has 0 aliphatic carbocycles. The average molecular weight is 282 g/mol. The molecule has 1 aliphatic rings. The SMILES string of the molecule is C1=Cc2ccccc2Oc2ccccc21.O=C([O-])C(=O)[O-]. The van der Waals surface area contributed by atoms with Gasteiger partial charge in [0.2, 0.25) is 0 Å². The summed E-state index contributed by atoms with van der Waals surface area (Å²) in [6.07, 6.45) is 4.17. The van der Waals surface area contributed by atoms with Crippen LogP contribution in [0.1, 0.15) is 11.1 Å². The van der Waals surface area contributed by atoms with Crippen molar-refractivity contribution < 1.29 is 24.5 Å². The van der Waals surface area contributed by atoms with Gasteiger partial charge >= 0.3 is 0 Å². The Morgan fingerprint density at radius 3 is 1.48 bits per heavy atom. The van der Waals surface area contributed by atoms with Crippen molar-refractivity contribution in [3.8, 4) is 11.5 Å². The zero-order valence-electron chi connectivity index (χ0n) is 10.8. The van der Waals surface area contributed by atoms with Crippen LogP contribution in [0.2, 0.25) is 0 Å². The summed E-state index contributed by atoms with van der Waals surface area (Å²) in [6.45, 7) is 0. The van der Waals surface area contributed by atoms with Crippen LogP contribution in [-0.2, 0) is 9.59 Å². The molecule has 0 bridgehead atoms. The van der Waals surface area contributed by atoms with Crippen molar-refractivity contribution in [3.63, 3.8) is 0 Å². The number of carbonyl (C=O) groups is 2. The van der Waals surface area contributed by atoms with Gasteiger partial charge in [0.1, 0.15) is 11.5 Å². The molecular formula is C16H10O5-2. The van der Waals surface area contributed by atoms with E-state index >= 15 is 0 Å². The van der Waals surface area contributed by atoms with Crippen molar-refractivity contribution in [2.24, 2.45) is 0 Å². The van der Waals surface area contributed by atoms with Gasteiger partial charge in [0.25, 0.3) is 0 Å². The molecule has 0 aromatic heterocycles. The first-order valence-electron chi connectivity index (χ1n) is 6.04. The highest BCUT2D eigenvalue weighted by Gasteiger charge is 2.08. The molecule has 0 saturated carbocycles. The number of ether oxygens (including phenoxy) is 1. The molecule has 2 aromatic rings. The quantitative estimate of drug-likeness (QED) is 0.558. The highest BCUT2D eigenvalue weighted by molar-refractivity contribution is 6.25. The second kappa shape index (κ2) is 6.38. The Morgan fingerprint density at radius 2 is 1.10 bits per heavy atom. The van der Waals surface area contributed by atoms with Crippen molar-refractivity contribution in [2.75, 3.05) is 0 Å². The zero-order valence-corrected chi connectivity index (χ0v) is 10.8. The van der Waals surface area contributed by atoms with E-state index in [1.807, 2.05) is 36.4 Å². The molecule has 0 N–H and O–H groups in total. The van der Waals surface area contributed by atoms with E-state index in [9.17, 15) is 0 Å². The Balaban J connectivity index is 0.000000232. The molecule has 0 fully saturated rings. The van der Waals surface area contributed by atoms with Gasteiger partial charge in [0, 0.05) is 11.1 Å². The van der Waals surface area contributed by atoms with E-state index in [0.717, 1.165) is 22.6 Å². The second-order valence-corrected chi connectivity index (χ2v) is 4.09. The number of rotatable bonds is 0. The molecule has 0 unspecified atom stereocenters. The molecule has 0 spiro atoms. The molecule has 106 valence electrons. The molecule has 3 rings (SSSR count). The van der Waals surface area contributed by atoms with Crippen LogP contribution in [0.4, 0.5) is 0 Å². The standard InChI is InChI=1S/C14H10O.C2H2O4/c1-3-7-13-11(5-1)9-10-12-6-2-4-8-14(12)15-13;3-1(4)2(5)6/h1-10H;(H,3,4)(H,5,6)/p-2. The first kappa shape index (κ1) is 14.3. The number of hydrogen-bond donors (Lipinski definition) is 0. The molecular weight excluding hydrogens is 272 g/mol. The van der Waals surface area contributed by atoms with E-state index in [0.29, 0.717) is 0 Å².